The number of hydrogen-bond donors (Lipinski definition) is 1. The van der Waals surface area contributed by atoms with Crippen LogP contribution in [0.5, 0.6) is 5.75 Å². The quantitative estimate of drug-likeness (QED) is 0.886. The fraction of sp³-hybridized carbons (Fsp3) is 0.353. The Labute approximate surface area is 126 Å². The number of nitrogens with zero attached hydrogens (tertiary/aromatic N) is 2. The molecule has 1 aromatic carbocycles. The molecule has 0 aliphatic heterocycles. The third-order valence-corrected chi connectivity index (χ3v) is 3.61. The van der Waals surface area contributed by atoms with Gasteiger partial charge in [-0.25, -0.2) is 0 Å². The first-order valence-corrected chi connectivity index (χ1v) is 7.19. The lowest BCUT2D eigenvalue weighted by Gasteiger charge is -2.20. The largest absolute Gasteiger partial charge is 0.497 e. The van der Waals surface area contributed by atoms with Crippen LogP contribution in [0.2, 0.25) is 0 Å². The van der Waals surface area contributed by atoms with Crippen molar-refractivity contribution in [2.75, 3.05) is 19.1 Å². The summed E-state index contributed by atoms with van der Waals surface area (Å²) in [6.07, 6.45) is 2.78. The van der Waals surface area contributed by atoms with Crippen LogP contribution in [-0.2, 0) is 6.54 Å². The predicted octanol–water partition coefficient (Wildman–Crippen LogP) is 3.14. The number of aromatic nitrogens is 1. The molecule has 4 nitrogen and oxygen atoms in total. The number of pyridine rings is 1. The second-order valence-corrected chi connectivity index (χ2v) is 5.16. The van der Waals surface area contributed by atoms with E-state index in [0.717, 1.165) is 30.1 Å². The molecule has 0 unspecified atom stereocenters. The zero-order valence-electron chi connectivity index (χ0n) is 12.9. The molecule has 0 saturated carbocycles. The summed E-state index contributed by atoms with van der Waals surface area (Å²) in [5.41, 5.74) is 9.24. The maximum Gasteiger partial charge on any atom is 0.118 e. The molecule has 1 aromatic heterocycles. The first-order chi connectivity index (χ1) is 10.1. The van der Waals surface area contributed by atoms with Crippen LogP contribution >= 0.6 is 0 Å². The minimum Gasteiger partial charge on any atom is -0.497 e. The van der Waals surface area contributed by atoms with E-state index in [0.29, 0.717) is 0 Å². The van der Waals surface area contributed by atoms with Crippen molar-refractivity contribution in [2.45, 2.75) is 25.9 Å². The first-order valence-electron chi connectivity index (χ1n) is 7.19. The summed E-state index contributed by atoms with van der Waals surface area (Å²) in [5.74, 6) is 0.876. The van der Waals surface area contributed by atoms with Crippen LogP contribution in [-0.4, -0.2) is 19.1 Å². The van der Waals surface area contributed by atoms with Crippen molar-refractivity contribution >= 4 is 5.69 Å². The summed E-state index contributed by atoms with van der Waals surface area (Å²) in [5, 5.41) is 0. The average Bonchev–Trinajstić information content (AvgIpc) is 2.55. The van der Waals surface area contributed by atoms with Gasteiger partial charge in [-0.2, -0.15) is 0 Å². The van der Waals surface area contributed by atoms with Crippen LogP contribution in [0.15, 0.2) is 42.6 Å². The van der Waals surface area contributed by atoms with E-state index in [4.69, 9.17) is 10.5 Å². The van der Waals surface area contributed by atoms with Gasteiger partial charge in [0.15, 0.2) is 0 Å². The lowest BCUT2D eigenvalue weighted by molar-refractivity contribution is 0.414. The molecule has 21 heavy (non-hydrogen) atoms. The number of nitrogens with two attached hydrogens (primary N) is 1. The number of rotatable bonds is 6. The second-order valence-electron chi connectivity index (χ2n) is 5.16. The molecule has 0 amide bonds. The highest BCUT2D eigenvalue weighted by atomic mass is 16.5. The predicted molar refractivity (Wildman–Crippen MR) is 86.6 cm³/mol. The minimum atomic E-state index is 0.0194. The molecule has 0 aliphatic rings. The zero-order chi connectivity index (χ0) is 15.2. The van der Waals surface area contributed by atoms with Gasteiger partial charge >= 0.3 is 0 Å². The fourth-order valence-electron chi connectivity index (χ4n) is 2.15. The molecule has 0 bridgehead atoms. The van der Waals surface area contributed by atoms with Crippen molar-refractivity contribution in [2.24, 2.45) is 5.73 Å². The van der Waals surface area contributed by atoms with Gasteiger partial charge < -0.3 is 15.4 Å². The first kappa shape index (κ1) is 15.3. The summed E-state index contributed by atoms with van der Waals surface area (Å²) in [6.45, 7) is 2.89. The van der Waals surface area contributed by atoms with Crippen LogP contribution in [0.4, 0.5) is 5.69 Å². The van der Waals surface area contributed by atoms with Crippen LogP contribution in [0.3, 0.4) is 0 Å². The maximum absolute atomic E-state index is 5.98. The fourth-order valence-corrected chi connectivity index (χ4v) is 2.15. The topological polar surface area (TPSA) is 51.4 Å². The van der Waals surface area contributed by atoms with Crippen molar-refractivity contribution < 1.29 is 4.74 Å². The van der Waals surface area contributed by atoms with Crippen molar-refractivity contribution in [3.8, 4) is 5.75 Å². The van der Waals surface area contributed by atoms with Crippen LogP contribution in [0.1, 0.15) is 30.6 Å². The Kier molecular flexibility index (Phi) is 5.17. The van der Waals surface area contributed by atoms with Crippen molar-refractivity contribution in [1.82, 2.24) is 4.98 Å². The number of benzene rings is 1. The number of hydrogen-bond acceptors (Lipinski definition) is 4. The van der Waals surface area contributed by atoms with Gasteiger partial charge in [0.1, 0.15) is 5.75 Å². The van der Waals surface area contributed by atoms with Gasteiger partial charge in [0.2, 0.25) is 0 Å². The molecule has 112 valence electrons. The summed E-state index contributed by atoms with van der Waals surface area (Å²) < 4.78 is 5.17. The minimum absolute atomic E-state index is 0.0194. The second kappa shape index (κ2) is 7.09. The molecule has 1 heterocycles. The Morgan fingerprint density at radius 2 is 1.90 bits per heavy atom. The van der Waals surface area contributed by atoms with Crippen molar-refractivity contribution in [3.05, 3.63) is 53.9 Å². The van der Waals surface area contributed by atoms with Crippen LogP contribution in [0, 0.1) is 0 Å². The lowest BCUT2D eigenvalue weighted by Crippen LogP contribution is -2.17. The number of methoxy groups -OCH3 is 1. The highest BCUT2D eigenvalue weighted by molar-refractivity contribution is 5.45. The molecule has 2 N–H and O–H groups in total. The Balaban J connectivity index is 2.03. The molecule has 1 atom stereocenters. The monoisotopic (exact) mass is 285 g/mol. The summed E-state index contributed by atoms with van der Waals surface area (Å²) in [6, 6.07) is 12.2. The number of anilines is 1. The van der Waals surface area contributed by atoms with E-state index in [-0.39, 0.29) is 6.04 Å². The molecule has 0 aliphatic carbocycles. The normalized spacial score (nSPS) is 12.0. The molecule has 0 fully saturated rings. The van der Waals surface area contributed by atoms with E-state index in [1.54, 1.807) is 7.11 Å². The molecule has 0 spiro atoms. The third kappa shape index (κ3) is 3.95. The Hall–Kier alpha value is -2.07. The van der Waals surface area contributed by atoms with E-state index >= 15 is 0 Å². The Bertz CT molecular complexity index is 551. The highest BCUT2D eigenvalue weighted by Crippen LogP contribution is 2.19. The molecule has 0 saturated heterocycles. The van der Waals surface area contributed by atoms with E-state index < -0.39 is 0 Å². The van der Waals surface area contributed by atoms with Crippen molar-refractivity contribution in [3.63, 3.8) is 0 Å². The highest BCUT2D eigenvalue weighted by Gasteiger charge is 2.07. The van der Waals surface area contributed by atoms with Gasteiger partial charge in [0, 0.05) is 19.6 Å². The van der Waals surface area contributed by atoms with E-state index in [2.05, 4.69) is 42.1 Å². The van der Waals surface area contributed by atoms with E-state index in [9.17, 15) is 0 Å². The molecule has 2 aromatic rings. The van der Waals surface area contributed by atoms with Gasteiger partial charge in [-0.05, 0) is 36.2 Å². The summed E-state index contributed by atoms with van der Waals surface area (Å²) >= 11 is 0. The van der Waals surface area contributed by atoms with Gasteiger partial charge in [-0.1, -0.05) is 19.1 Å². The summed E-state index contributed by atoms with van der Waals surface area (Å²) in [7, 11) is 3.73. The van der Waals surface area contributed by atoms with Gasteiger partial charge in [-0.15, -0.1) is 0 Å². The van der Waals surface area contributed by atoms with E-state index in [1.165, 1.54) is 5.56 Å². The van der Waals surface area contributed by atoms with Gasteiger partial charge in [-0.3, -0.25) is 4.98 Å². The van der Waals surface area contributed by atoms with Gasteiger partial charge in [0.25, 0.3) is 0 Å². The Morgan fingerprint density at radius 1 is 1.19 bits per heavy atom. The molecule has 0 radical (unpaired) electrons. The average molecular weight is 285 g/mol. The molecule has 2 rings (SSSR count). The molecular formula is C17H23N3O. The van der Waals surface area contributed by atoms with Crippen molar-refractivity contribution in [1.29, 1.82) is 0 Å². The maximum atomic E-state index is 5.98. The zero-order valence-corrected chi connectivity index (χ0v) is 12.9. The van der Waals surface area contributed by atoms with Crippen LogP contribution < -0.4 is 15.4 Å². The van der Waals surface area contributed by atoms with Gasteiger partial charge in [0.05, 0.1) is 24.7 Å². The standard InChI is InChI=1S/C17H23N3O/c1-4-16(18)17-10-7-14(11-19-17)20(2)12-13-5-8-15(21-3)9-6-13/h5-11,16H,4,12,18H2,1-3H3/t16-/m0/s1. The molecule has 4 heteroatoms. The van der Waals surface area contributed by atoms with E-state index in [1.807, 2.05) is 24.4 Å². The number of ether oxygens (including phenoxy) is 1. The SMILES string of the molecule is CC[C@H](N)c1ccc(N(C)Cc2ccc(OC)cc2)cn1. The third-order valence-electron chi connectivity index (χ3n) is 3.61. The summed E-state index contributed by atoms with van der Waals surface area (Å²) in [4.78, 5) is 6.62. The van der Waals surface area contributed by atoms with Crippen LogP contribution in [0.25, 0.3) is 0 Å². The smallest absolute Gasteiger partial charge is 0.118 e. The molecular weight excluding hydrogens is 262 g/mol. The Morgan fingerprint density at radius 3 is 2.43 bits per heavy atom. The lowest BCUT2D eigenvalue weighted by atomic mass is 10.1.